The summed E-state index contributed by atoms with van der Waals surface area (Å²) in [6.45, 7) is 3.52. The molecule has 1 saturated heterocycles. The van der Waals surface area contributed by atoms with Crippen LogP contribution in [0.2, 0.25) is 5.02 Å². The SMILES string of the molecule is CC1CN(c2cccc(Cl)c2[N+](=O)[O-])CCC1N. The second-order valence-electron chi connectivity index (χ2n) is 4.74. The molecule has 1 aliphatic heterocycles. The molecule has 0 bridgehead atoms. The van der Waals surface area contributed by atoms with E-state index in [4.69, 9.17) is 17.3 Å². The molecule has 2 rings (SSSR count). The van der Waals surface area contributed by atoms with Crippen LogP contribution in [-0.2, 0) is 0 Å². The standard InChI is InChI=1S/C12H16ClN3O2/c1-8-7-15(6-5-10(8)14)11-4-2-3-9(13)12(11)16(17)18/h2-4,8,10H,5-7,14H2,1H3. The highest BCUT2D eigenvalue weighted by Gasteiger charge is 2.28. The molecule has 1 fully saturated rings. The van der Waals surface area contributed by atoms with Crippen molar-refractivity contribution in [3.63, 3.8) is 0 Å². The third kappa shape index (κ3) is 2.42. The van der Waals surface area contributed by atoms with E-state index in [0.717, 1.165) is 19.5 Å². The number of nitrogens with two attached hydrogens (primary N) is 1. The average molecular weight is 270 g/mol. The van der Waals surface area contributed by atoms with Gasteiger partial charge in [-0.1, -0.05) is 24.6 Å². The molecule has 0 amide bonds. The molecule has 98 valence electrons. The van der Waals surface area contributed by atoms with Gasteiger partial charge in [0.05, 0.1) is 4.92 Å². The fraction of sp³-hybridized carbons (Fsp3) is 0.500. The number of benzene rings is 1. The van der Waals surface area contributed by atoms with Crippen LogP contribution in [0, 0.1) is 16.0 Å². The van der Waals surface area contributed by atoms with Crippen LogP contribution < -0.4 is 10.6 Å². The van der Waals surface area contributed by atoms with Crippen molar-refractivity contribution < 1.29 is 4.92 Å². The lowest BCUT2D eigenvalue weighted by Gasteiger charge is -2.36. The third-order valence-electron chi connectivity index (χ3n) is 3.46. The predicted octanol–water partition coefficient (Wildman–Crippen LogP) is 2.42. The fourth-order valence-electron chi connectivity index (χ4n) is 2.32. The summed E-state index contributed by atoms with van der Waals surface area (Å²) in [5.41, 5.74) is 6.54. The minimum atomic E-state index is -0.420. The highest BCUT2D eigenvalue weighted by atomic mass is 35.5. The van der Waals surface area contributed by atoms with E-state index in [2.05, 4.69) is 6.92 Å². The van der Waals surface area contributed by atoms with Crippen molar-refractivity contribution in [2.24, 2.45) is 11.7 Å². The molecule has 2 unspecified atom stereocenters. The van der Waals surface area contributed by atoms with Crippen molar-refractivity contribution in [1.82, 2.24) is 0 Å². The second kappa shape index (κ2) is 5.12. The van der Waals surface area contributed by atoms with Crippen LogP contribution in [0.1, 0.15) is 13.3 Å². The first kappa shape index (κ1) is 13.1. The van der Waals surface area contributed by atoms with Crippen LogP contribution in [0.4, 0.5) is 11.4 Å². The Morgan fingerprint density at radius 2 is 2.28 bits per heavy atom. The molecular formula is C12H16ClN3O2. The molecule has 1 aromatic carbocycles. The zero-order valence-corrected chi connectivity index (χ0v) is 10.9. The molecule has 0 aliphatic carbocycles. The Morgan fingerprint density at radius 3 is 2.89 bits per heavy atom. The highest BCUT2D eigenvalue weighted by molar-refractivity contribution is 6.33. The van der Waals surface area contributed by atoms with Crippen LogP contribution in [0.3, 0.4) is 0 Å². The average Bonchev–Trinajstić information content (AvgIpc) is 2.32. The zero-order chi connectivity index (χ0) is 13.3. The normalized spacial score (nSPS) is 24.1. The molecule has 0 radical (unpaired) electrons. The molecule has 6 heteroatoms. The Labute approximate surface area is 111 Å². The van der Waals surface area contributed by atoms with Crippen molar-refractivity contribution in [2.45, 2.75) is 19.4 Å². The molecular weight excluding hydrogens is 254 g/mol. The Morgan fingerprint density at radius 1 is 1.56 bits per heavy atom. The summed E-state index contributed by atoms with van der Waals surface area (Å²) in [5, 5.41) is 11.3. The summed E-state index contributed by atoms with van der Waals surface area (Å²) in [7, 11) is 0. The van der Waals surface area contributed by atoms with Crippen LogP contribution in [-0.4, -0.2) is 24.1 Å². The van der Waals surface area contributed by atoms with Gasteiger partial charge in [0, 0.05) is 19.1 Å². The Bertz CT molecular complexity index is 467. The first-order chi connectivity index (χ1) is 8.50. The summed E-state index contributed by atoms with van der Waals surface area (Å²) >= 11 is 5.92. The number of halogens is 1. The van der Waals surface area contributed by atoms with Crippen LogP contribution in [0.15, 0.2) is 18.2 Å². The minimum Gasteiger partial charge on any atom is -0.366 e. The lowest BCUT2D eigenvalue weighted by molar-refractivity contribution is -0.384. The van der Waals surface area contributed by atoms with Gasteiger partial charge in [-0.3, -0.25) is 10.1 Å². The molecule has 0 spiro atoms. The van der Waals surface area contributed by atoms with E-state index in [1.165, 1.54) is 0 Å². The summed E-state index contributed by atoms with van der Waals surface area (Å²) in [6, 6.07) is 5.19. The topological polar surface area (TPSA) is 72.4 Å². The second-order valence-corrected chi connectivity index (χ2v) is 5.15. The van der Waals surface area contributed by atoms with E-state index in [-0.39, 0.29) is 16.8 Å². The van der Waals surface area contributed by atoms with Gasteiger partial charge >= 0.3 is 5.69 Å². The third-order valence-corrected chi connectivity index (χ3v) is 3.77. The molecule has 1 heterocycles. The lowest BCUT2D eigenvalue weighted by Crippen LogP contribution is -2.46. The number of rotatable bonds is 2. The van der Waals surface area contributed by atoms with Gasteiger partial charge in [-0.25, -0.2) is 0 Å². The van der Waals surface area contributed by atoms with E-state index in [1.807, 2.05) is 4.90 Å². The maximum absolute atomic E-state index is 11.1. The minimum absolute atomic E-state index is 0.0122. The van der Waals surface area contributed by atoms with Gasteiger partial charge in [0.1, 0.15) is 10.7 Å². The number of para-hydroxylation sites is 1. The van der Waals surface area contributed by atoms with E-state index < -0.39 is 4.92 Å². The van der Waals surface area contributed by atoms with Gasteiger partial charge in [-0.15, -0.1) is 0 Å². The van der Waals surface area contributed by atoms with Crippen molar-refractivity contribution in [1.29, 1.82) is 0 Å². The summed E-state index contributed by atoms with van der Waals surface area (Å²) in [4.78, 5) is 12.7. The van der Waals surface area contributed by atoms with Crippen molar-refractivity contribution in [2.75, 3.05) is 18.0 Å². The molecule has 18 heavy (non-hydrogen) atoms. The van der Waals surface area contributed by atoms with E-state index >= 15 is 0 Å². The van der Waals surface area contributed by atoms with Gasteiger partial charge in [-0.05, 0) is 24.5 Å². The first-order valence-corrected chi connectivity index (χ1v) is 6.32. The molecule has 0 saturated carbocycles. The highest BCUT2D eigenvalue weighted by Crippen LogP contribution is 2.36. The zero-order valence-electron chi connectivity index (χ0n) is 10.2. The van der Waals surface area contributed by atoms with Gasteiger partial charge in [-0.2, -0.15) is 0 Å². The maximum Gasteiger partial charge on any atom is 0.310 e. The predicted molar refractivity (Wildman–Crippen MR) is 72.1 cm³/mol. The van der Waals surface area contributed by atoms with Gasteiger partial charge in [0.25, 0.3) is 0 Å². The van der Waals surface area contributed by atoms with Gasteiger partial charge in [0.15, 0.2) is 0 Å². The number of hydrogen-bond donors (Lipinski definition) is 1. The molecule has 1 aliphatic rings. The number of nitro benzene ring substituents is 1. The van der Waals surface area contributed by atoms with Gasteiger partial charge in [0.2, 0.25) is 0 Å². The molecule has 2 atom stereocenters. The number of hydrogen-bond acceptors (Lipinski definition) is 4. The summed E-state index contributed by atoms with van der Waals surface area (Å²) < 4.78 is 0. The maximum atomic E-state index is 11.1. The Kier molecular flexibility index (Phi) is 3.73. The number of nitrogens with zero attached hydrogens (tertiary/aromatic N) is 2. The van der Waals surface area contributed by atoms with Crippen LogP contribution >= 0.6 is 11.6 Å². The van der Waals surface area contributed by atoms with Crippen LogP contribution in [0.5, 0.6) is 0 Å². The summed E-state index contributed by atoms with van der Waals surface area (Å²) in [5.74, 6) is 0.317. The van der Waals surface area contributed by atoms with Crippen molar-refractivity contribution in [3.05, 3.63) is 33.3 Å². The number of piperidine rings is 1. The largest absolute Gasteiger partial charge is 0.366 e. The Balaban J connectivity index is 2.34. The number of nitro groups is 1. The lowest BCUT2D eigenvalue weighted by atomic mass is 9.94. The quantitative estimate of drug-likeness (QED) is 0.661. The van der Waals surface area contributed by atoms with E-state index in [9.17, 15) is 10.1 Å². The monoisotopic (exact) mass is 269 g/mol. The molecule has 5 nitrogen and oxygen atoms in total. The van der Waals surface area contributed by atoms with Crippen molar-refractivity contribution >= 4 is 23.0 Å². The smallest absolute Gasteiger partial charge is 0.310 e. The van der Waals surface area contributed by atoms with Crippen LogP contribution in [0.25, 0.3) is 0 Å². The molecule has 2 N–H and O–H groups in total. The number of anilines is 1. The van der Waals surface area contributed by atoms with Gasteiger partial charge < -0.3 is 10.6 Å². The fourth-order valence-corrected chi connectivity index (χ4v) is 2.56. The summed E-state index contributed by atoms with van der Waals surface area (Å²) in [6.07, 6.45) is 0.838. The first-order valence-electron chi connectivity index (χ1n) is 5.94. The Hall–Kier alpha value is -1.33. The van der Waals surface area contributed by atoms with Crippen molar-refractivity contribution in [3.8, 4) is 0 Å². The molecule has 0 aromatic heterocycles. The molecule has 1 aromatic rings. The van der Waals surface area contributed by atoms with E-state index in [1.54, 1.807) is 18.2 Å². The van der Waals surface area contributed by atoms with E-state index in [0.29, 0.717) is 11.6 Å².